The maximum atomic E-state index is 13.4. The Hall–Kier alpha value is -4.70. The molecule has 1 saturated heterocycles. The van der Waals surface area contributed by atoms with Gasteiger partial charge in [0.1, 0.15) is 17.8 Å². The first kappa shape index (κ1) is 29.3. The maximum absolute atomic E-state index is 13.4. The number of hydrogen-bond donors (Lipinski definition) is 5. The molecule has 0 radical (unpaired) electrons. The second-order valence-electron chi connectivity index (χ2n) is 10.2. The Bertz CT molecular complexity index is 1380. The molecule has 0 saturated carbocycles. The lowest BCUT2D eigenvalue weighted by Crippen LogP contribution is -2.55. The Morgan fingerprint density at radius 1 is 0.780 bits per heavy atom. The van der Waals surface area contributed by atoms with Crippen molar-refractivity contribution in [1.29, 1.82) is 0 Å². The minimum Gasteiger partial charge on any atom is -0.508 e. The van der Waals surface area contributed by atoms with Gasteiger partial charge in [-0.15, -0.1) is 0 Å². The number of aromatic hydroxyl groups is 1. The molecule has 10 heteroatoms. The van der Waals surface area contributed by atoms with Crippen LogP contribution in [0.2, 0.25) is 0 Å². The molecule has 1 aliphatic heterocycles. The van der Waals surface area contributed by atoms with Gasteiger partial charge in [-0.3, -0.25) is 19.2 Å². The number of carbonyl (C=O) groups excluding carboxylic acids is 4. The predicted molar refractivity (Wildman–Crippen MR) is 151 cm³/mol. The zero-order valence-electron chi connectivity index (χ0n) is 22.9. The van der Waals surface area contributed by atoms with E-state index in [1.807, 2.05) is 68.4 Å². The zero-order valence-corrected chi connectivity index (χ0v) is 22.9. The number of primary amides is 1. The van der Waals surface area contributed by atoms with Gasteiger partial charge in [0, 0.05) is 12.8 Å². The summed E-state index contributed by atoms with van der Waals surface area (Å²) in [4.78, 5) is 51.3. The number of benzene rings is 3. The smallest absolute Gasteiger partial charge is 0.253 e. The lowest BCUT2D eigenvalue weighted by Gasteiger charge is -2.22. The summed E-state index contributed by atoms with van der Waals surface area (Å²) in [5.74, 6) is -2.33. The summed E-state index contributed by atoms with van der Waals surface area (Å²) in [6.07, 6.45) is -1.79. The highest BCUT2D eigenvalue weighted by molar-refractivity contribution is 5.98. The van der Waals surface area contributed by atoms with Crippen molar-refractivity contribution < 1.29 is 29.0 Å². The maximum Gasteiger partial charge on any atom is 0.253 e. The highest BCUT2D eigenvalue weighted by atomic mass is 16.6. The molecule has 3 aromatic carbocycles. The molecule has 41 heavy (non-hydrogen) atoms. The molecule has 4 rings (SSSR count). The van der Waals surface area contributed by atoms with Crippen molar-refractivity contribution in [3.8, 4) is 5.75 Å². The Balaban J connectivity index is 1.42. The van der Waals surface area contributed by atoms with Crippen LogP contribution in [0, 0.1) is 6.92 Å². The topological polar surface area (TPSA) is 163 Å². The van der Waals surface area contributed by atoms with Gasteiger partial charge in [-0.1, -0.05) is 72.3 Å². The molecule has 0 aromatic heterocycles. The van der Waals surface area contributed by atoms with E-state index in [9.17, 15) is 24.3 Å². The Morgan fingerprint density at radius 2 is 1.32 bits per heavy atom. The van der Waals surface area contributed by atoms with Crippen molar-refractivity contribution in [2.75, 3.05) is 0 Å². The number of nitrogens with one attached hydrogen (secondary N) is 3. The molecule has 5 atom stereocenters. The number of aryl methyl sites for hydroxylation is 1. The van der Waals surface area contributed by atoms with Gasteiger partial charge in [0.25, 0.3) is 11.8 Å². The van der Waals surface area contributed by atoms with Gasteiger partial charge < -0.3 is 31.5 Å². The van der Waals surface area contributed by atoms with E-state index in [0.29, 0.717) is 5.56 Å². The quantitative estimate of drug-likeness (QED) is 0.212. The van der Waals surface area contributed by atoms with Crippen LogP contribution >= 0.6 is 0 Å². The SMILES string of the molecule is Cc1ccc(C[C@H](NC(=O)[C@H]2O[C@@H]2C(=O)N[C@H](C)c2ccccc2)C(=O)N[C@@H](Cc2ccc(O)cc2)C(N)=O)cc1. The van der Waals surface area contributed by atoms with Crippen LogP contribution in [0.4, 0.5) is 0 Å². The van der Waals surface area contributed by atoms with Gasteiger partial charge >= 0.3 is 0 Å². The fourth-order valence-corrected chi connectivity index (χ4v) is 4.42. The van der Waals surface area contributed by atoms with E-state index < -0.39 is 47.9 Å². The molecule has 3 aromatic rings. The average Bonchev–Trinajstić information content (AvgIpc) is 3.76. The van der Waals surface area contributed by atoms with Crippen molar-refractivity contribution in [2.24, 2.45) is 5.73 Å². The lowest BCUT2D eigenvalue weighted by molar-refractivity contribution is -0.131. The van der Waals surface area contributed by atoms with Gasteiger partial charge in [-0.2, -0.15) is 0 Å². The Kier molecular flexibility index (Phi) is 9.36. The number of epoxide rings is 1. The first-order valence-electron chi connectivity index (χ1n) is 13.3. The van der Waals surface area contributed by atoms with E-state index >= 15 is 0 Å². The molecule has 10 nitrogen and oxygen atoms in total. The second-order valence-corrected chi connectivity index (χ2v) is 10.2. The monoisotopic (exact) mass is 558 g/mol. The summed E-state index contributed by atoms with van der Waals surface area (Å²) in [6, 6.07) is 20.6. The number of carbonyl (C=O) groups is 4. The summed E-state index contributed by atoms with van der Waals surface area (Å²) in [6.45, 7) is 3.77. The number of nitrogens with two attached hydrogens (primary N) is 1. The summed E-state index contributed by atoms with van der Waals surface area (Å²) >= 11 is 0. The number of phenolic OH excluding ortho intramolecular Hbond substituents is 1. The van der Waals surface area contributed by atoms with E-state index in [0.717, 1.165) is 16.7 Å². The lowest BCUT2D eigenvalue weighted by atomic mass is 10.0. The van der Waals surface area contributed by atoms with Crippen LogP contribution in [0.3, 0.4) is 0 Å². The number of rotatable bonds is 12. The summed E-state index contributed by atoms with van der Waals surface area (Å²) in [5.41, 5.74) is 8.98. The van der Waals surface area contributed by atoms with Crippen molar-refractivity contribution >= 4 is 23.6 Å². The second kappa shape index (κ2) is 13.1. The van der Waals surface area contributed by atoms with Crippen LogP contribution in [0.25, 0.3) is 0 Å². The first-order valence-corrected chi connectivity index (χ1v) is 13.3. The molecular formula is C31H34N4O6. The average molecular weight is 559 g/mol. The third kappa shape index (κ3) is 8.15. The van der Waals surface area contributed by atoms with Gasteiger partial charge in [0.15, 0.2) is 12.2 Å². The number of hydrogen-bond acceptors (Lipinski definition) is 6. The summed E-state index contributed by atoms with van der Waals surface area (Å²) < 4.78 is 5.38. The van der Waals surface area contributed by atoms with Crippen molar-refractivity contribution in [3.63, 3.8) is 0 Å². The number of amides is 4. The van der Waals surface area contributed by atoms with E-state index in [1.54, 1.807) is 12.1 Å². The third-order valence-corrected chi connectivity index (χ3v) is 6.90. The van der Waals surface area contributed by atoms with E-state index in [-0.39, 0.29) is 24.6 Å². The molecule has 1 heterocycles. The zero-order chi connectivity index (χ0) is 29.5. The molecule has 6 N–H and O–H groups in total. The number of ether oxygens (including phenoxy) is 1. The van der Waals surface area contributed by atoms with Crippen LogP contribution in [0.15, 0.2) is 78.9 Å². The Labute approximate surface area is 238 Å². The molecule has 0 spiro atoms. The van der Waals surface area contributed by atoms with Crippen molar-refractivity contribution in [3.05, 3.63) is 101 Å². The predicted octanol–water partition coefficient (Wildman–Crippen LogP) is 1.59. The van der Waals surface area contributed by atoms with E-state index in [4.69, 9.17) is 10.5 Å². The van der Waals surface area contributed by atoms with Crippen LogP contribution in [-0.2, 0) is 36.8 Å². The van der Waals surface area contributed by atoms with E-state index in [2.05, 4.69) is 16.0 Å². The fraction of sp³-hybridized carbons (Fsp3) is 0.290. The third-order valence-electron chi connectivity index (χ3n) is 6.90. The number of phenols is 1. The van der Waals surface area contributed by atoms with Crippen molar-refractivity contribution in [1.82, 2.24) is 16.0 Å². The normalized spacial score (nSPS) is 17.9. The van der Waals surface area contributed by atoms with Gasteiger partial charge in [-0.25, -0.2) is 0 Å². The molecule has 1 fully saturated rings. The van der Waals surface area contributed by atoms with E-state index in [1.165, 1.54) is 12.1 Å². The van der Waals surface area contributed by atoms with Crippen LogP contribution in [0.1, 0.15) is 35.2 Å². The molecule has 4 amide bonds. The first-order chi connectivity index (χ1) is 19.6. The highest BCUT2D eigenvalue weighted by Gasteiger charge is 2.51. The molecule has 0 bridgehead atoms. The Morgan fingerprint density at radius 3 is 1.90 bits per heavy atom. The summed E-state index contributed by atoms with van der Waals surface area (Å²) in [5, 5.41) is 17.7. The highest BCUT2D eigenvalue weighted by Crippen LogP contribution is 2.24. The summed E-state index contributed by atoms with van der Waals surface area (Å²) in [7, 11) is 0. The fourth-order valence-electron chi connectivity index (χ4n) is 4.42. The van der Waals surface area contributed by atoms with Crippen LogP contribution in [0.5, 0.6) is 5.75 Å². The van der Waals surface area contributed by atoms with Crippen LogP contribution in [-0.4, -0.2) is 53.0 Å². The molecule has 1 aliphatic rings. The van der Waals surface area contributed by atoms with Gasteiger partial charge in [0.05, 0.1) is 6.04 Å². The minimum absolute atomic E-state index is 0.0677. The largest absolute Gasteiger partial charge is 0.508 e. The van der Waals surface area contributed by atoms with Crippen LogP contribution < -0.4 is 21.7 Å². The molecule has 214 valence electrons. The standard InChI is InChI=1S/C31H34N4O6/c1-18-8-10-20(11-9-18)17-25(29(38)34-24(28(32)37)16-21-12-14-23(36)15-13-21)35-31(40)27-26(41-27)30(39)33-19(2)22-6-4-3-5-7-22/h3-15,19,24-27,36H,16-17H2,1-2H3,(H2,32,37)(H,33,39)(H,34,38)(H,35,40)/t19-,24+,25+,26+,27+/m1/s1. The van der Waals surface area contributed by atoms with Gasteiger partial charge in [0.2, 0.25) is 11.8 Å². The van der Waals surface area contributed by atoms with Gasteiger partial charge in [-0.05, 0) is 42.7 Å². The molecular weight excluding hydrogens is 524 g/mol. The molecule has 0 aliphatic carbocycles. The minimum atomic E-state index is -1.07. The molecule has 0 unspecified atom stereocenters. The van der Waals surface area contributed by atoms with Crippen molar-refractivity contribution in [2.45, 2.75) is 57.0 Å².